The van der Waals surface area contributed by atoms with Gasteiger partial charge in [0.15, 0.2) is 6.04 Å². The molecular formula is C14H16BrNO3. The minimum absolute atomic E-state index is 0.0350. The Labute approximate surface area is 120 Å². The second-order valence-electron chi connectivity index (χ2n) is 5.01. The number of halogens is 1. The molecule has 1 saturated heterocycles. The van der Waals surface area contributed by atoms with E-state index in [-0.39, 0.29) is 10.7 Å². The maximum atomic E-state index is 11.9. The zero-order chi connectivity index (χ0) is 14.2. The first-order valence-corrected chi connectivity index (χ1v) is 7.04. The van der Waals surface area contributed by atoms with Gasteiger partial charge in [0.2, 0.25) is 5.91 Å². The van der Waals surface area contributed by atoms with Crippen molar-refractivity contribution in [2.24, 2.45) is 0 Å². The van der Waals surface area contributed by atoms with Crippen LogP contribution in [0, 0.1) is 13.8 Å². The molecule has 0 saturated carbocycles. The van der Waals surface area contributed by atoms with E-state index in [1.807, 2.05) is 32.0 Å². The molecule has 0 bridgehead atoms. The van der Waals surface area contributed by atoms with Crippen molar-refractivity contribution in [1.29, 1.82) is 0 Å². The van der Waals surface area contributed by atoms with Crippen molar-refractivity contribution in [2.45, 2.75) is 31.1 Å². The number of likely N-dealkylation sites (tertiary alicyclic amines) is 1. The molecule has 0 radical (unpaired) electrons. The first kappa shape index (κ1) is 14.1. The van der Waals surface area contributed by atoms with Crippen molar-refractivity contribution in [2.75, 3.05) is 6.54 Å². The average Bonchev–Trinajstić information content (AvgIpc) is 2.56. The Morgan fingerprint density at radius 3 is 2.37 bits per heavy atom. The number of rotatable bonds is 3. The van der Waals surface area contributed by atoms with Crippen LogP contribution in [0.25, 0.3) is 0 Å². The molecule has 0 spiro atoms. The Morgan fingerprint density at radius 2 is 1.95 bits per heavy atom. The van der Waals surface area contributed by atoms with Gasteiger partial charge in [0, 0.05) is 17.8 Å². The Kier molecular flexibility index (Phi) is 3.94. The van der Waals surface area contributed by atoms with Gasteiger partial charge in [-0.2, -0.15) is 0 Å². The summed E-state index contributed by atoms with van der Waals surface area (Å²) in [6.07, 6.45) is 0.356. The van der Waals surface area contributed by atoms with Gasteiger partial charge >= 0.3 is 5.97 Å². The molecular weight excluding hydrogens is 310 g/mol. The van der Waals surface area contributed by atoms with Crippen LogP contribution in [-0.4, -0.2) is 33.3 Å². The first-order chi connectivity index (χ1) is 8.88. The Morgan fingerprint density at radius 1 is 1.37 bits per heavy atom. The lowest BCUT2D eigenvalue weighted by Gasteiger charge is -2.25. The van der Waals surface area contributed by atoms with E-state index in [4.69, 9.17) is 0 Å². The Balaban J connectivity index is 2.40. The molecule has 1 fully saturated rings. The van der Waals surface area contributed by atoms with Gasteiger partial charge in [0.1, 0.15) is 0 Å². The van der Waals surface area contributed by atoms with E-state index in [1.54, 1.807) is 0 Å². The minimum Gasteiger partial charge on any atom is -0.479 e. The molecule has 1 aliphatic rings. The lowest BCUT2D eigenvalue weighted by molar-refractivity contribution is -0.148. The van der Waals surface area contributed by atoms with Crippen molar-refractivity contribution in [1.82, 2.24) is 4.90 Å². The minimum atomic E-state index is -0.986. The van der Waals surface area contributed by atoms with E-state index in [0.29, 0.717) is 18.5 Å². The number of hydrogen-bond donors (Lipinski definition) is 1. The summed E-state index contributed by atoms with van der Waals surface area (Å²) in [4.78, 5) is 24.9. The van der Waals surface area contributed by atoms with Gasteiger partial charge in [-0.05, 0) is 19.4 Å². The van der Waals surface area contributed by atoms with Crippen LogP contribution in [0.4, 0.5) is 0 Å². The highest BCUT2D eigenvalue weighted by atomic mass is 79.9. The number of nitrogens with zero attached hydrogens (tertiary/aromatic N) is 1. The average molecular weight is 326 g/mol. The number of hydrogen-bond acceptors (Lipinski definition) is 2. The van der Waals surface area contributed by atoms with E-state index >= 15 is 0 Å². The highest BCUT2D eigenvalue weighted by Gasteiger charge is 2.37. The summed E-state index contributed by atoms with van der Waals surface area (Å²) < 4.78 is 0. The van der Waals surface area contributed by atoms with E-state index in [0.717, 1.165) is 11.1 Å². The zero-order valence-corrected chi connectivity index (χ0v) is 12.5. The lowest BCUT2D eigenvalue weighted by Crippen LogP contribution is -2.35. The Bertz CT molecular complexity index is 509. The predicted octanol–water partition coefficient (Wildman–Crippen LogP) is 2.42. The normalized spacial score (nSPS) is 20.7. The topological polar surface area (TPSA) is 57.6 Å². The van der Waals surface area contributed by atoms with Crippen molar-refractivity contribution < 1.29 is 14.7 Å². The molecule has 102 valence electrons. The van der Waals surface area contributed by atoms with Gasteiger partial charge in [-0.25, -0.2) is 4.79 Å². The Hall–Kier alpha value is -1.36. The molecule has 1 aromatic carbocycles. The van der Waals surface area contributed by atoms with E-state index in [2.05, 4.69) is 15.9 Å². The highest BCUT2D eigenvalue weighted by molar-refractivity contribution is 9.09. The molecule has 1 N–H and O–H groups in total. The number of aliphatic carboxylic acids is 1. The fourth-order valence-corrected chi connectivity index (χ4v) is 3.15. The SMILES string of the molecule is Cc1cc(C)cc(C(C(=O)O)N2CC(Br)CC2=O)c1. The highest BCUT2D eigenvalue weighted by Crippen LogP contribution is 2.30. The molecule has 19 heavy (non-hydrogen) atoms. The maximum absolute atomic E-state index is 11.9. The molecule has 1 heterocycles. The summed E-state index contributed by atoms with van der Waals surface area (Å²) in [6.45, 7) is 4.28. The van der Waals surface area contributed by atoms with Crippen molar-refractivity contribution in [3.63, 3.8) is 0 Å². The van der Waals surface area contributed by atoms with Crippen LogP contribution in [0.5, 0.6) is 0 Å². The number of carbonyl (C=O) groups is 2. The third-order valence-electron chi connectivity index (χ3n) is 3.22. The molecule has 4 nitrogen and oxygen atoms in total. The van der Waals surface area contributed by atoms with Gasteiger partial charge in [-0.3, -0.25) is 4.79 Å². The number of carboxylic acid groups (broad SMARTS) is 1. The van der Waals surface area contributed by atoms with Crippen LogP contribution in [0.2, 0.25) is 0 Å². The summed E-state index contributed by atoms with van der Waals surface area (Å²) in [7, 11) is 0. The molecule has 1 aliphatic heterocycles. The number of carbonyl (C=O) groups excluding carboxylic acids is 1. The van der Waals surface area contributed by atoms with Crippen molar-refractivity contribution in [3.05, 3.63) is 34.9 Å². The van der Waals surface area contributed by atoms with Crippen molar-refractivity contribution in [3.8, 4) is 0 Å². The standard InChI is InChI=1S/C14H16BrNO3/c1-8-3-9(2)5-10(4-8)13(14(18)19)16-7-11(15)6-12(16)17/h3-5,11,13H,6-7H2,1-2H3,(H,18,19). The summed E-state index contributed by atoms with van der Waals surface area (Å²) in [5.41, 5.74) is 2.67. The monoisotopic (exact) mass is 325 g/mol. The quantitative estimate of drug-likeness (QED) is 0.868. The number of benzene rings is 1. The smallest absolute Gasteiger partial charge is 0.331 e. The fourth-order valence-electron chi connectivity index (χ4n) is 2.56. The number of carboxylic acids is 1. The summed E-state index contributed by atoms with van der Waals surface area (Å²) in [5, 5.41) is 9.46. The third-order valence-corrected chi connectivity index (χ3v) is 3.83. The van der Waals surface area contributed by atoms with Crippen molar-refractivity contribution >= 4 is 27.8 Å². The van der Waals surface area contributed by atoms with E-state index in [1.165, 1.54) is 4.90 Å². The zero-order valence-electron chi connectivity index (χ0n) is 10.9. The predicted molar refractivity (Wildman–Crippen MR) is 75.3 cm³/mol. The van der Waals surface area contributed by atoms with E-state index in [9.17, 15) is 14.7 Å². The van der Waals surface area contributed by atoms with Gasteiger partial charge in [-0.15, -0.1) is 0 Å². The molecule has 1 aromatic rings. The number of alkyl halides is 1. The molecule has 2 unspecified atom stereocenters. The van der Waals surface area contributed by atoms with Crippen LogP contribution in [0.15, 0.2) is 18.2 Å². The second-order valence-corrected chi connectivity index (χ2v) is 6.30. The molecule has 0 aliphatic carbocycles. The van der Waals surface area contributed by atoms with Crippen LogP contribution in [0.1, 0.15) is 29.2 Å². The van der Waals surface area contributed by atoms with E-state index < -0.39 is 12.0 Å². The largest absolute Gasteiger partial charge is 0.479 e. The molecule has 0 aromatic heterocycles. The molecule has 5 heteroatoms. The molecule has 1 amide bonds. The lowest BCUT2D eigenvalue weighted by atomic mass is 10.0. The molecule has 2 rings (SSSR count). The van der Waals surface area contributed by atoms with Gasteiger partial charge in [0.05, 0.1) is 0 Å². The van der Waals surface area contributed by atoms with Crippen LogP contribution in [0.3, 0.4) is 0 Å². The summed E-state index contributed by atoms with van der Waals surface area (Å²) in [6, 6.07) is 4.76. The second kappa shape index (κ2) is 5.33. The van der Waals surface area contributed by atoms with Gasteiger partial charge in [-0.1, -0.05) is 45.3 Å². The first-order valence-electron chi connectivity index (χ1n) is 6.13. The summed E-state index contributed by atoms with van der Waals surface area (Å²) >= 11 is 3.38. The van der Waals surface area contributed by atoms with Crippen LogP contribution < -0.4 is 0 Å². The summed E-state index contributed by atoms with van der Waals surface area (Å²) in [5.74, 6) is -1.10. The van der Waals surface area contributed by atoms with Gasteiger partial charge in [0.25, 0.3) is 0 Å². The fraction of sp³-hybridized carbons (Fsp3) is 0.429. The maximum Gasteiger partial charge on any atom is 0.331 e. The number of amides is 1. The molecule has 2 atom stereocenters. The van der Waals surface area contributed by atoms with Gasteiger partial charge < -0.3 is 10.0 Å². The van der Waals surface area contributed by atoms with Crippen LogP contribution >= 0.6 is 15.9 Å². The van der Waals surface area contributed by atoms with Crippen LogP contribution in [-0.2, 0) is 9.59 Å². The third kappa shape index (κ3) is 2.97. The number of aryl methyl sites for hydroxylation is 2.